The second kappa shape index (κ2) is 6.36. The molecule has 0 bridgehead atoms. The van der Waals surface area contributed by atoms with E-state index in [1.165, 1.54) is 24.3 Å². The van der Waals surface area contributed by atoms with Gasteiger partial charge in [0.05, 0.1) is 21.0 Å². The molecular weight excluding hydrogens is 354 g/mol. The Morgan fingerprint density at radius 1 is 0.760 bits per heavy atom. The molecule has 0 aliphatic heterocycles. The minimum atomic E-state index is -0.763. The first kappa shape index (κ1) is 16.7. The van der Waals surface area contributed by atoms with Crippen LogP contribution in [0.4, 0.5) is 18.8 Å². The highest BCUT2D eigenvalue weighted by molar-refractivity contribution is 7.19. The predicted molar refractivity (Wildman–Crippen MR) is 88.4 cm³/mol. The minimum Gasteiger partial charge on any atom is -0.258 e. The van der Waals surface area contributed by atoms with Crippen LogP contribution in [0.15, 0.2) is 48.5 Å². The highest BCUT2D eigenvalue weighted by atomic mass is 32.1. The van der Waals surface area contributed by atoms with Gasteiger partial charge in [0.1, 0.15) is 11.6 Å². The van der Waals surface area contributed by atoms with Crippen LogP contribution in [-0.4, -0.2) is 9.85 Å². The topological polar surface area (TPSA) is 86.3 Å². The van der Waals surface area contributed by atoms with Gasteiger partial charge in [-0.1, -0.05) is 24.3 Å². The van der Waals surface area contributed by atoms with Crippen LogP contribution in [0, 0.1) is 31.9 Å². The minimum absolute atomic E-state index is 0.105. The quantitative estimate of drug-likeness (QED) is 0.473. The van der Waals surface area contributed by atoms with E-state index < -0.39 is 31.5 Å². The SMILES string of the molecule is O=[N+]([O-])c1sc([N+](=O)[O-])c(-c2cccc(F)c2)c1-c1cccc(F)c1. The average Bonchev–Trinajstić information content (AvgIpc) is 2.96. The van der Waals surface area contributed by atoms with E-state index in [1.807, 2.05) is 0 Å². The van der Waals surface area contributed by atoms with E-state index in [9.17, 15) is 29.0 Å². The third-order valence-corrected chi connectivity index (χ3v) is 4.52. The molecule has 0 fully saturated rings. The molecule has 25 heavy (non-hydrogen) atoms. The van der Waals surface area contributed by atoms with Gasteiger partial charge in [0.15, 0.2) is 0 Å². The number of nitrogens with zero attached hydrogens (tertiary/aromatic N) is 2. The maximum atomic E-state index is 13.6. The van der Waals surface area contributed by atoms with Crippen molar-refractivity contribution in [2.24, 2.45) is 0 Å². The van der Waals surface area contributed by atoms with Gasteiger partial charge in [-0.15, -0.1) is 0 Å². The van der Waals surface area contributed by atoms with E-state index in [0.717, 1.165) is 24.3 Å². The molecule has 126 valence electrons. The molecule has 0 unspecified atom stereocenters. The van der Waals surface area contributed by atoms with Gasteiger partial charge in [-0.25, -0.2) is 8.78 Å². The fourth-order valence-corrected chi connectivity index (χ4v) is 3.46. The lowest BCUT2D eigenvalue weighted by atomic mass is 9.97. The van der Waals surface area contributed by atoms with E-state index in [-0.39, 0.29) is 22.3 Å². The van der Waals surface area contributed by atoms with E-state index in [2.05, 4.69) is 0 Å². The van der Waals surface area contributed by atoms with Crippen molar-refractivity contribution < 1.29 is 18.6 Å². The van der Waals surface area contributed by atoms with Gasteiger partial charge in [0, 0.05) is 11.3 Å². The first-order valence-electron chi connectivity index (χ1n) is 6.86. The van der Waals surface area contributed by atoms with E-state index >= 15 is 0 Å². The van der Waals surface area contributed by atoms with Crippen molar-refractivity contribution in [2.45, 2.75) is 0 Å². The van der Waals surface area contributed by atoms with Gasteiger partial charge >= 0.3 is 10.0 Å². The fraction of sp³-hybridized carbons (Fsp3) is 0. The Balaban J connectivity index is 2.42. The molecule has 3 rings (SSSR count). The number of rotatable bonds is 4. The fourth-order valence-electron chi connectivity index (χ4n) is 2.49. The second-order valence-electron chi connectivity index (χ2n) is 5.00. The summed E-state index contributed by atoms with van der Waals surface area (Å²) in [5.74, 6) is -1.29. The molecule has 6 nitrogen and oxygen atoms in total. The summed E-state index contributed by atoms with van der Waals surface area (Å²) in [6.45, 7) is 0. The smallest absolute Gasteiger partial charge is 0.258 e. The van der Waals surface area contributed by atoms with E-state index in [4.69, 9.17) is 0 Å². The van der Waals surface area contributed by atoms with Crippen LogP contribution in [0.1, 0.15) is 0 Å². The third kappa shape index (κ3) is 3.09. The molecule has 0 saturated heterocycles. The normalized spacial score (nSPS) is 10.6. The molecule has 1 aromatic heterocycles. The molecule has 0 N–H and O–H groups in total. The Morgan fingerprint density at radius 3 is 1.48 bits per heavy atom. The van der Waals surface area contributed by atoms with Crippen LogP contribution < -0.4 is 0 Å². The van der Waals surface area contributed by atoms with Gasteiger partial charge in [-0.3, -0.25) is 20.2 Å². The first-order valence-corrected chi connectivity index (χ1v) is 7.67. The maximum absolute atomic E-state index is 13.6. The Morgan fingerprint density at radius 2 is 1.16 bits per heavy atom. The Kier molecular flexibility index (Phi) is 4.24. The van der Waals surface area contributed by atoms with Crippen LogP contribution in [-0.2, 0) is 0 Å². The molecule has 9 heteroatoms. The van der Waals surface area contributed by atoms with Crippen molar-refractivity contribution >= 4 is 21.3 Å². The summed E-state index contributed by atoms with van der Waals surface area (Å²) in [6, 6.07) is 9.88. The maximum Gasteiger partial charge on any atom is 0.338 e. The standard InChI is InChI=1S/C16H8F2N2O4S/c17-11-5-1-3-9(7-11)13-14(10-4-2-6-12(18)8-10)16(20(23)24)25-15(13)19(21)22/h1-8H. The molecule has 0 atom stereocenters. The lowest BCUT2D eigenvalue weighted by molar-refractivity contribution is -0.382. The van der Waals surface area contributed by atoms with Crippen LogP contribution >= 0.6 is 11.3 Å². The number of hydrogen-bond donors (Lipinski definition) is 0. The number of hydrogen-bond acceptors (Lipinski definition) is 5. The van der Waals surface area contributed by atoms with E-state index in [0.29, 0.717) is 11.3 Å². The highest BCUT2D eigenvalue weighted by Crippen LogP contribution is 2.51. The summed E-state index contributed by atoms with van der Waals surface area (Å²) in [5.41, 5.74) is 0.00391. The van der Waals surface area contributed by atoms with Crippen molar-refractivity contribution in [1.29, 1.82) is 0 Å². The zero-order valence-corrected chi connectivity index (χ0v) is 13.1. The van der Waals surface area contributed by atoms with E-state index in [1.54, 1.807) is 0 Å². The zero-order valence-electron chi connectivity index (χ0n) is 12.3. The number of benzene rings is 2. The zero-order chi connectivity index (χ0) is 18.1. The molecule has 0 saturated carbocycles. The summed E-state index contributed by atoms with van der Waals surface area (Å²) >= 11 is 0.361. The van der Waals surface area contributed by atoms with Crippen LogP contribution in [0.3, 0.4) is 0 Å². The van der Waals surface area contributed by atoms with Crippen molar-refractivity contribution in [2.75, 3.05) is 0 Å². The summed E-state index contributed by atoms with van der Waals surface area (Å²) in [7, 11) is 0. The highest BCUT2D eigenvalue weighted by Gasteiger charge is 2.34. The van der Waals surface area contributed by atoms with Crippen molar-refractivity contribution in [3.63, 3.8) is 0 Å². The number of nitro groups is 2. The molecule has 2 aromatic carbocycles. The van der Waals surface area contributed by atoms with Gasteiger partial charge in [-0.05, 0) is 35.4 Å². The molecule has 3 aromatic rings. The van der Waals surface area contributed by atoms with Crippen molar-refractivity contribution in [3.8, 4) is 22.3 Å². The van der Waals surface area contributed by atoms with Crippen LogP contribution in [0.2, 0.25) is 0 Å². The predicted octanol–water partition coefficient (Wildman–Crippen LogP) is 5.18. The molecule has 0 aliphatic rings. The molecule has 1 heterocycles. The Bertz CT molecular complexity index is 926. The second-order valence-corrected chi connectivity index (χ2v) is 5.97. The Hall–Kier alpha value is -3.20. The first-order chi connectivity index (χ1) is 11.9. The van der Waals surface area contributed by atoms with Crippen LogP contribution in [0.25, 0.3) is 22.3 Å². The average molecular weight is 362 g/mol. The van der Waals surface area contributed by atoms with Gasteiger partial charge in [0.2, 0.25) is 0 Å². The van der Waals surface area contributed by atoms with Gasteiger partial charge in [-0.2, -0.15) is 0 Å². The molecule has 0 amide bonds. The largest absolute Gasteiger partial charge is 0.338 e. The summed E-state index contributed by atoms with van der Waals surface area (Å²) < 4.78 is 27.2. The molecular formula is C16H8F2N2O4S. The lowest BCUT2D eigenvalue weighted by Crippen LogP contribution is -1.91. The monoisotopic (exact) mass is 362 g/mol. The molecule has 0 aliphatic carbocycles. The van der Waals surface area contributed by atoms with Gasteiger partial charge < -0.3 is 0 Å². The lowest BCUT2D eigenvalue weighted by Gasteiger charge is -2.05. The molecule has 0 spiro atoms. The molecule has 0 radical (unpaired) electrons. The van der Waals surface area contributed by atoms with Gasteiger partial charge in [0.25, 0.3) is 0 Å². The van der Waals surface area contributed by atoms with Crippen molar-refractivity contribution in [3.05, 3.63) is 80.4 Å². The Labute approximate surface area is 143 Å². The summed E-state index contributed by atoms with van der Waals surface area (Å²) in [5, 5.41) is 21.8. The number of thiophene rings is 1. The summed E-state index contributed by atoms with van der Waals surface area (Å²) in [4.78, 5) is 21.3. The third-order valence-electron chi connectivity index (χ3n) is 3.43. The van der Waals surface area contributed by atoms with Crippen molar-refractivity contribution in [1.82, 2.24) is 0 Å². The van der Waals surface area contributed by atoms with Crippen LogP contribution in [0.5, 0.6) is 0 Å². The number of halogens is 2. The summed E-state index contributed by atoms with van der Waals surface area (Å²) in [6.07, 6.45) is 0.